The lowest BCUT2D eigenvalue weighted by atomic mass is 10.0. The highest BCUT2D eigenvalue weighted by molar-refractivity contribution is 6.13. The SMILES string of the molecule is c1ccc2cc(-c3nc(-c4ccc(-n5c6ccccc6c6cc7ccccc7cc65)cc4)nc(-c4cccc5ccccc45)n3)ccc2c1. The van der Waals surface area contributed by atoms with Crippen LogP contribution >= 0.6 is 0 Å². The molecule has 2 heterocycles. The zero-order valence-corrected chi connectivity index (χ0v) is 26.5. The number of aromatic nitrogens is 4. The summed E-state index contributed by atoms with van der Waals surface area (Å²) in [4.78, 5) is 15.3. The fourth-order valence-electron chi connectivity index (χ4n) is 7.20. The summed E-state index contributed by atoms with van der Waals surface area (Å²) in [5, 5.41) is 9.55. The zero-order chi connectivity index (χ0) is 32.3. The molecule has 2 aromatic heterocycles. The standard InChI is InChI=1S/C45H28N4/c1-2-12-32-26-35(21-20-29(32)10-1)44-46-43(47-45(48-44)39-18-9-15-30-11-5-6-16-37(30)39)31-22-24-36(25-23-31)49-41-19-8-7-17-38(41)40-27-33-13-3-4-14-34(33)28-42(40)49/h1-28H. The molecule has 10 aromatic rings. The average Bonchev–Trinajstić information content (AvgIpc) is 3.49. The van der Waals surface area contributed by atoms with Crippen molar-refractivity contribution in [2.75, 3.05) is 0 Å². The third-order valence-corrected chi connectivity index (χ3v) is 9.60. The molecule has 228 valence electrons. The molecule has 0 spiro atoms. The highest BCUT2D eigenvalue weighted by Gasteiger charge is 2.16. The van der Waals surface area contributed by atoms with Crippen molar-refractivity contribution in [3.05, 3.63) is 170 Å². The third-order valence-electron chi connectivity index (χ3n) is 9.60. The third kappa shape index (κ3) is 4.57. The van der Waals surface area contributed by atoms with E-state index in [1.165, 1.54) is 38.0 Å². The lowest BCUT2D eigenvalue weighted by Crippen LogP contribution is -2.01. The van der Waals surface area contributed by atoms with Gasteiger partial charge in [0.25, 0.3) is 0 Å². The number of hydrogen-bond donors (Lipinski definition) is 0. The van der Waals surface area contributed by atoms with E-state index in [2.05, 4.69) is 174 Å². The van der Waals surface area contributed by atoms with Crippen LogP contribution in [-0.2, 0) is 0 Å². The van der Waals surface area contributed by atoms with Crippen LogP contribution < -0.4 is 0 Å². The van der Waals surface area contributed by atoms with Crippen LogP contribution in [-0.4, -0.2) is 19.5 Å². The Bertz CT molecular complexity index is 2880. The summed E-state index contributed by atoms with van der Waals surface area (Å²) >= 11 is 0. The molecule has 8 aromatic carbocycles. The Balaban J connectivity index is 1.15. The summed E-state index contributed by atoms with van der Waals surface area (Å²) in [5.41, 5.74) is 6.32. The van der Waals surface area contributed by atoms with Crippen molar-refractivity contribution in [3.8, 4) is 39.9 Å². The number of rotatable bonds is 4. The van der Waals surface area contributed by atoms with Crippen molar-refractivity contribution in [1.29, 1.82) is 0 Å². The minimum Gasteiger partial charge on any atom is -0.309 e. The lowest BCUT2D eigenvalue weighted by molar-refractivity contribution is 1.08. The van der Waals surface area contributed by atoms with Crippen LogP contribution in [0.1, 0.15) is 0 Å². The molecule has 0 bridgehead atoms. The molecule has 4 heteroatoms. The second-order valence-electron chi connectivity index (χ2n) is 12.5. The topological polar surface area (TPSA) is 43.6 Å². The molecule has 0 aliphatic rings. The van der Waals surface area contributed by atoms with Crippen LogP contribution in [0, 0.1) is 0 Å². The Labute approximate surface area is 282 Å². The van der Waals surface area contributed by atoms with Gasteiger partial charge in [0.15, 0.2) is 17.5 Å². The molecule has 0 atom stereocenters. The molecule has 0 unspecified atom stereocenters. The first-order chi connectivity index (χ1) is 24.3. The fourth-order valence-corrected chi connectivity index (χ4v) is 7.20. The normalized spacial score (nSPS) is 11.7. The fraction of sp³-hybridized carbons (Fsp3) is 0. The quantitative estimate of drug-likeness (QED) is 0.196. The predicted octanol–water partition coefficient (Wildman–Crippen LogP) is 11.4. The average molecular weight is 625 g/mol. The number of para-hydroxylation sites is 1. The first-order valence-corrected chi connectivity index (χ1v) is 16.5. The van der Waals surface area contributed by atoms with Crippen LogP contribution in [0.2, 0.25) is 0 Å². The summed E-state index contributed by atoms with van der Waals surface area (Å²) < 4.78 is 2.36. The van der Waals surface area contributed by atoms with Gasteiger partial charge in [-0.3, -0.25) is 0 Å². The van der Waals surface area contributed by atoms with Gasteiger partial charge in [0.2, 0.25) is 0 Å². The Morgan fingerprint density at radius 1 is 0.327 bits per heavy atom. The number of nitrogens with zero attached hydrogens (tertiary/aromatic N) is 4. The van der Waals surface area contributed by atoms with Gasteiger partial charge in [0, 0.05) is 33.2 Å². The van der Waals surface area contributed by atoms with E-state index in [0.29, 0.717) is 17.5 Å². The maximum absolute atomic E-state index is 5.11. The van der Waals surface area contributed by atoms with Crippen LogP contribution in [0.25, 0.3) is 94.0 Å². The van der Waals surface area contributed by atoms with Gasteiger partial charge in [-0.1, -0.05) is 121 Å². The molecule has 0 amide bonds. The summed E-state index contributed by atoms with van der Waals surface area (Å²) in [6.07, 6.45) is 0. The first-order valence-electron chi connectivity index (χ1n) is 16.5. The van der Waals surface area contributed by atoms with Gasteiger partial charge in [-0.2, -0.15) is 0 Å². The van der Waals surface area contributed by atoms with E-state index in [1.54, 1.807) is 0 Å². The second kappa shape index (κ2) is 11.0. The van der Waals surface area contributed by atoms with Crippen LogP contribution in [0.5, 0.6) is 0 Å². The van der Waals surface area contributed by atoms with E-state index in [1.807, 2.05) is 0 Å². The highest BCUT2D eigenvalue weighted by Crippen LogP contribution is 2.36. The Kier molecular flexibility index (Phi) is 6.15. The van der Waals surface area contributed by atoms with E-state index in [-0.39, 0.29) is 0 Å². The lowest BCUT2D eigenvalue weighted by Gasteiger charge is -2.12. The molecule has 0 aliphatic carbocycles. The second-order valence-corrected chi connectivity index (χ2v) is 12.5. The molecule has 0 aliphatic heterocycles. The Morgan fingerprint density at radius 3 is 1.69 bits per heavy atom. The summed E-state index contributed by atoms with van der Waals surface area (Å²) in [6.45, 7) is 0. The zero-order valence-electron chi connectivity index (χ0n) is 26.5. The molecule has 4 nitrogen and oxygen atoms in total. The van der Waals surface area contributed by atoms with E-state index >= 15 is 0 Å². The minimum atomic E-state index is 0.640. The predicted molar refractivity (Wildman–Crippen MR) is 203 cm³/mol. The highest BCUT2D eigenvalue weighted by atomic mass is 15.0. The molecule has 10 rings (SSSR count). The first kappa shape index (κ1) is 27.5. The molecule has 0 radical (unpaired) electrons. The van der Waals surface area contributed by atoms with Crippen molar-refractivity contribution in [2.45, 2.75) is 0 Å². The van der Waals surface area contributed by atoms with Gasteiger partial charge in [0.05, 0.1) is 11.0 Å². The number of fused-ring (bicyclic) bond motifs is 6. The van der Waals surface area contributed by atoms with Crippen LogP contribution in [0.15, 0.2) is 170 Å². The maximum Gasteiger partial charge on any atom is 0.164 e. The van der Waals surface area contributed by atoms with Crippen molar-refractivity contribution < 1.29 is 0 Å². The Morgan fingerprint density at radius 2 is 0.898 bits per heavy atom. The molecular formula is C45H28N4. The van der Waals surface area contributed by atoms with Gasteiger partial charge < -0.3 is 4.57 Å². The number of benzene rings is 8. The van der Waals surface area contributed by atoms with E-state index < -0.39 is 0 Å². The number of hydrogen-bond acceptors (Lipinski definition) is 3. The van der Waals surface area contributed by atoms with E-state index in [0.717, 1.165) is 38.5 Å². The van der Waals surface area contributed by atoms with Gasteiger partial charge in [-0.05, 0) is 80.8 Å². The van der Waals surface area contributed by atoms with Crippen molar-refractivity contribution in [2.24, 2.45) is 0 Å². The van der Waals surface area contributed by atoms with Gasteiger partial charge in [-0.15, -0.1) is 0 Å². The molecule has 0 saturated heterocycles. The van der Waals surface area contributed by atoms with Gasteiger partial charge in [-0.25, -0.2) is 15.0 Å². The van der Waals surface area contributed by atoms with E-state index in [4.69, 9.17) is 15.0 Å². The molecule has 49 heavy (non-hydrogen) atoms. The maximum atomic E-state index is 5.11. The van der Waals surface area contributed by atoms with Crippen LogP contribution in [0.3, 0.4) is 0 Å². The van der Waals surface area contributed by atoms with Crippen molar-refractivity contribution in [3.63, 3.8) is 0 Å². The van der Waals surface area contributed by atoms with Gasteiger partial charge >= 0.3 is 0 Å². The largest absolute Gasteiger partial charge is 0.309 e. The summed E-state index contributed by atoms with van der Waals surface area (Å²) in [7, 11) is 0. The monoisotopic (exact) mass is 624 g/mol. The van der Waals surface area contributed by atoms with Crippen molar-refractivity contribution in [1.82, 2.24) is 19.5 Å². The molecular weight excluding hydrogens is 597 g/mol. The molecule has 0 fully saturated rings. The van der Waals surface area contributed by atoms with Crippen molar-refractivity contribution >= 4 is 54.1 Å². The van der Waals surface area contributed by atoms with Gasteiger partial charge in [0.1, 0.15) is 0 Å². The minimum absolute atomic E-state index is 0.640. The summed E-state index contributed by atoms with van der Waals surface area (Å²) in [6, 6.07) is 59.9. The molecule has 0 saturated carbocycles. The van der Waals surface area contributed by atoms with E-state index in [9.17, 15) is 0 Å². The summed E-state index contributed by atoms with van der Waals surface area (Å²) in [5.74, 6) is 1.95. The van der Waals surface area contributed by atoms with Crippen LogP contribution in [0.4, 0.5) is 0 Å². The molecule has 0 N–H and O–H groups in total. The smallest absolute Gasteiger partial charge is 0.164 e. The Hall–Kier alpha value is -6.65.